The number of hydrogen-bond donors (Lipinski definition) is 0. The maximum absolute atomic E-state index is 12.6. The van der Waals surface area contributed by atoms with Gasteiger partial charge in [0.2, 0.25) is 0 Å². The predicted octanol–water partition coefficient (Wildman–Crippen LogP) is 3.41. The first-order chi connectivity index (χ1) is 11.7. The highest BCUT2D eigenvalue weighted by atomic mass is 16.5. The van der Waals surface area contributed by atoms with E-state index in [0.29, 0.717) is 6.61 Å². The molecule has 1 heterocycles. The van der Waals surface area contributed by atoms with Gasteiger partial charge in [0.15, 0.2) is 0 Å². The number of nitrogens with zero attached hydrogens (tertiary/aromatic N) is 2. The molecule has 0 radical (unpaired) electrons. The van der Waals surface area contributed by atoms with E-state index in [1.807, 2.05) is 49.5 Å². The number of rotatable bonds is 6. The minimum absolute atomic E-state index is 0.0263. The zero-order valence-electron chi connectivity index (χ0n) is 14.6. The van der Waals surface area contributed by atoms with Crippen molar-refractivity contribution >= 4 is 21.7 Å². The lowest BCUT2D eigenvalue weighted by molar-refractivity contribution is 0.224. The third-order valence-electron chi connectivity index (χ3n) is 4.66. The van der Waals surface area contributed by atoms with Crippen LogP contribution >= 0.6 is 0 Å². The molecule has 24 heavy (non-hydrogen) atoms. The van der Waals surface area contributed by atoms with E-state index in [2.05, 4.69) is 18.7 Å². The first kappa shape index (κ1) is 16.5. The summed E-state index contributed by atoms with van der Waals surface area (Å²) < 4.78 is 7.80. The van der Waals surface area contributed by atoms with Gasteiger partial charge in [0.25, 0.3) is 5.56 Å². The number of pyridine rings is 1. The molecular formula is C20H24N2O2. The Balaban J connectivity index is 2.08. The number of benzene rings is 2. The Kier molecular flexibility index (Phi) is 4.86. The van der Waals surface area contributed by atoms with Crippen molar-refractivity contribution in [1.29, 1.82) is 0 Å². The van der Waals surface area contributed by atoms with Crippen LogP contribution in [0.3, 0.4) is 0 Å². The fourth-order valence-electron chi connectivity index (χ4n) is 3.19. The van der Waals surface area contributed by atoms with Gasteiger partial charge in [-0.25, -0.2) is 0 Å². The normalized spacial score (nSPS) is 11.5. The van der Waals surface area contributed by atoms with Gasteiger partial charge >= 0.3 is 0 Å². The lowest BCUT2D eigenvalue weighted by Crippen LogP contribution is -2.28. The minimum Gasteiger partial charge on any atom is -0.492 e. The lowest BCUT2D eigenvalue weighted by atomic mass is 10.1. The van der Waals surface area contributed by atoms with Gasteiger partial charge in [0.05, 0.1) is 5.52 Å². The Bertz CT molecular complexity index is 911. The molecule has 0 aliphatic heterocycles. The molecule has 0 fully saturated rings. The number of aromatic nitrogens is 1. The van der Waals surface area contributed by atoms with E-state index < -0.39 is 0 Å². The number of aryl methyl sites for hydroxylation is 1. The van der Waals surface area contributed by atoms with Gasteiger partial charge in [-0.05, 0) is 31.3 Å². The molecule has 126 valence electrons. The van der Waals surface area contributed by atoms with E-state index in [1.165, 1.54) is 0 Å². The van der Waals surface area contributed by atoms with Crippen molar-refractivity contribution in [2.24, 2.45) is 7.05 Å². The molecular weight excluding hydrogens is 300 g/mol. The van der Waals surface area contributed by atoms with Crippen LogP contribution in [0.2, 0.25) is 0 Å². The third-order valence-corrected chi connectivity index (χ3v) is 4.66. The number of fused-ring (bicyclic) bond motifs is 3. The number of likely N-dealkylation sites (N-methyl/N-ethyl adjacent to an activating group) is 1. The van der Waals surface area contributed by atoms with Gasteiger partial charge < -0.3 is 14.2 Å². The number of hydrogen-bond acceptors (Lipinski definition) is 3. The quantitative estimate of drug-likeness (QED) is 0.652. The third kappa shape index (κ3) is 2.89. The van der Waals surface area contributed by atoms with Gasteiger partial charge in [-0.3, -0.25) is 4.79 Å². The maximum Gasteiger partial charge on any atom is 0.258 e. The second kappa shape index (κ2) is 7.05. The summed E-state index contributed by atoms with van der Waals surface area (Å²) in [4.78, 5) is 14.9. The fraction of sp³-hybridized carbons (Fsp3) is 0.350. The molecule has 0 atom stereocenters. The Hall–Kier alpha value is -2.33. The predicted molar refractivity (Wildman–Crippen MR) is 100.0 cm³/mol. The van der Waals surface area contributed by atoms with Crippen molar-refractivity contribution in [2.75, 3.05) is 26.2 Å². The molecule has 0 saturated heterocycles. The van der Waals surface area contributed by atoms with Crippen molar-refractivity contribution in [3.63, 3.8) is 0 Å². The van der Waals surface area contributed by atoms with E-state index in [1.54, 1.807) is 4.57 Å². The molecule has 1 aromatic heterocycles. The molecule has 0 N–H and O–H groups in total. The lowest BCUT2D eigenvalue weighted by Gasteiger charge is -2.19. The van der Waals surface area contributed by atoms with Gasteiger partial charge in [-0.15, -0.1) is 0 Å². The average Bonchev–Trinajstić information content (AvgIpc) is 2.63. The van der Waals surface area contributed by atoms with Gasteiger partial charge in [-0.2, -0.15) is 0 Å². The molecule has 0 bridgehead atoms. The summed E-state index contributed by atoms with van der Waals surface area (Å²) in [5, 5.41) is 2.69. The highest BCUT2D eigenvalue weighted by Gasteiger charge is 2.12. The van der Waals surface area contributed by atoms with Crippen LogP contribution in [0.25, 0.3) is 21.7 Å². The minimum atomic E-state index is 0.0263. The Morgan fingerprint density at radius 2 is 1.71 bits per heavy atom. The van der Waals surface area contributed by atoms with E-state index in [9.17, 15) is 4.79 Å². The highest BCUT2D eigenvalue weighted by molar-refractivity contribution is 6.08. The molecule has 3 rings (SSSR count). The van der Waals surface area contributed by atoms with E-state index in [-0.39, 0.29) is 5.56 Å². The van der Waals surface area contributed by atoms with Crippen LogP contribution in [-0.2, 0) is 7.05 Å². The van der Waals surface area contributed by atoms with E-state index in [0.717, 1.165) is 47.1 Å². The van der Waals surface area contributed by atoms with Gasteiger partial charge in [0, 0.05) is 29.8 Å². The second-order valence-electron chi connectivity index (χ2n) is 5.94. The zero-order valence-corrected chi connectivity index (χ0v) is 14.6. The first-order valence-corrected chi connectivity index (χ1v) is 8.53. The SMILES string of the molecule is CCN(CC)CCOc1cccc2c1c1ccccc1c(=O)n2C. The summed E-state index contributed by atoms with van der Waals surface area (Å²) in [6.45, 7) is 7.89. The molecule has 0 aliphatic carbocycles. The summed E-state index contributed by atoms with van der Waals surface area (Å²) in [5.74, 6) is 0.839. The Morgan fingerprint density at radius 3 is 2.42 bits per heavy atom. The smallest absolute Gasteiger partial charge is 0.258 e. The van der Waals surface area contributed by atoms with Crippen LogP contribution in [0, 0.1) is 0 Å². The number of ether oxygens (including phenoxy) is 1. The molecule has 0 saturated carbocycles. The standard InChI is InChI=1S/C20H24N2O2/c1-4-22(5-2)13-14-24-18-12-8-11-17-19(18)15-9-6-7-10-16(15)20(23)21(17)3/h6-12H,4-5,13-14H2,1-3H3. The summed E-state index contributed by atoms with van der Waals surface area (Å²) in [7, 11) is 1.82. The summed E-state index contributed by atoms with van der Waals surface area (Å²) >= 11 is 0. The van der Waals surface area contributed by atoms with Crippen LogP contribution in [0.4, 0.5) is 0 Å². The molecule has 4 nitrogen and oxygen atoms in total. The van der Waals surface area contributed by atoms with Crippen LogP contribution in [-0.4, -0.2) is 35.7 Å². The second-order valence-corrected chi connectivity index (χ2v) is 5.94. The molecule has 0 unspecified atom stereocenters. The van der Waals surface area contributed by atoms with Crippen LogP contribution in [0.5, 0.6) is 5.75 Å². The van der Waals surface area contributed by atoms with Crippen LogP contribution in [0.1, 0.15) is 13.8 Å². The van der Waals surface area contributed by atoms with Crippen molar-refractivity contribution in [2.45, 2.75) is 13.8 Å². The van der Waals surface area contributed by atoms with Gasteiger partial charge in [0.1, 0.15) is 12.4 Å². The molecule has 2 aromatic carbocycles. The van der Waals surface area contributed by atoms with Crippen LogP contribution < -0.4 is 10.3 Å². The Morgan fingerprint density at radius 1 is 1.00 bits per heavy atom. The van der Waals surface area contributed by atoms with Gasteiger partial charge in [-0.1, -0.05) is 38.1 Å². The topological polar surface area (TPSA) is 34.5 Å². The average molecular weight is 324 g/mol. The molecule has 0 spiro atoms. The maximum atomic E-state index is 12.6. The Labute approximate surface area is 142 Å². The highest BCUT2D eigenvalue weighted by Crippen LogP contribution is 2.30. The summed E-state index contributed by atoms with van der Waals surface area (Å²) in [6.07, 6.45) is 0. The van der Waals surface area contributed by atoms with Crippen molar-refractivity contribution in [3.8, 4) is 5.75 Å². The van der Waals surface area contributed by atoms with E-state index in [4.69, 9.17) is 4.74 Å². The molecule has 3 aromatic rings. The fourth-order valence-corrected chi connectivity index (χ4v) is 3.19. The van der Waals surface area contributed by atoms with Crippen molar-refractivity contribution in [1.82, 2.24) is 9.47 Å². The summed E-state index contributed by atoms with van der Waals surface area (Å²) in [5.41, 5.74) is 0.928. The molecule has 0 aliphatic rings. The monoisotopic (exact) mass is 324 g/mol. The zero-order chi connectivity index (χ0) is 17.1. The van der Waals surface area contributed by atoms with Crippen LogP contribution in [0.15, 0.2) is 47.3 Å². The molecule has 4 heteroatoms. The van der Waals surface area contributed by atoms with Crippen molar-refractivity contribution < 1.29 is 4.74 Å². The van der Waals surface area contributed by atoms with E-state index >= 15 is 0 Å². The summed E-state index contributed by atoms with van der Waals surface area (Å²) in [6, 6.07) is 13.7. The van der Waals surface area contributed by atoms with Crippen molar-refractivity contribution in [3.05, 3.63) is 52.8 Å². The molecule has 0 amide bonds. The largest absolute Gasteiger partial charge is 0.492 e. The first-order valence-electron chi connectivity index (χ1n) is 8.53.